The average molecular weight is 758 g/mol. The fraction of sp³-hybridized carbons (Fsp3) is 0.511. The SMILES string of the molecule is COc1cc(N2CCN(CC3CCN(c4ccc(C5CCN(c6ccc(C#N)c(C7CC7)c6)CC5)cc4)CC3)CC2)cc(CNC2CCC(=O)NC2=O)c1C=O. The van der Waals surface area contributed by atoms with Gasteiger partial charge in [0.1, 0.15) is 5.75 Å². The number of nitrogens with one attached hydrogen (secondary N) is 2. The van der Waals surface area contributed by atoms with Crippen molar-refractivity contribution in [3.05, 3.63) is 82.4 Å². The molecule has 2 amide bonds. The minimum atomic E-state index is -0.472. The summed E-state index contributed by atoms with van der Waals surface area (Å²) in [5.74, 6) is 1.83. The Hall–Kier alpha value is -4.92. The van der Waals surface area contributed by atoms with E-state index in [0.717, 1.165) is 94.8 Å². The maximum absolute atomic E-state index is 12.3. The number of anilines is 3. The summed E-state index contributed by atoms with van der Waals surface area (Å²) in [6.45, 7) is 9.50. The average Bonchev–Trinajstić information content (AvgIpc) is 4.09. The van der Waals surface area contributed by atoms with Crippen LogP contribution < -0.4 is 30.1 Å². The summed E-state index contributed by atoms with van der Waals surface area (Å²) < 4.78 is 5.63. The van der Waals surface area contributed by atoms with Crippen LogP contribution in [0.4, 0.5) is 17.1 Å². The third-order valence-electron chi connectivity index (χ3n) is 13.0. The van der Waals surface area contributed by atoms with Crippen LogP contribution >= 0.6 is 0 Å². The highest BCUT2D eigenvalue weighted by atomic mass is 16.5. The molecule has 0 radical (unpaired) electrons. The van der Waals surface area contributed by atoms with Crippen LogP contribution in [0.5, 0.6) is 5.75 Å². The van der Waals surface area contributed by atoms with Gasteiger partial charge in [-0.3, -0.25) is 24.6 Å². The summed E-state index contributed by atoms with van der Waals surface area (Å²) in [5, 5.41) is 15.2. The molecule has 3 aromatic rings. The molecule has 0 spiro atoms. The number of methoxy groups -OCH3 is 1. The monoisotopic (exact) mass is 757 g/mol. The fourth-order valence-corrected chi connectivity index (χ4v) is 9.36. The lowest BCUT2D eigenvalue weighted by Gasteiger charge is -2.40. The first-order chi connectivity index (χ1) is 27.4. The molecule has 56 heavy (non-hydrogen) atoms. The largest absolute Gasteiger partial charge is 0.496 e. The normalized spacial score (nSPS) is 21.5. The van der Waals surface area contributed by atoms with E-state index in [1.54, 1.807) is 7.11 Å². The summed E-state index contributed by atoms with van der Waals surface area (Å²) in [7, 11) is 1.58. The van der Waals surface area contributed by atoms with Gasteiger partial charge in [0.15, 0.2) is 6.29 Å². The number of rotatable bonds is 12. The number of nitrogens with zero attached hydrogens (tertiary/aromatic N) is 5. The van der Waals surface area contributed by atoms with Crippen LogP contribution in [0.3, 0.4) is 0 Å². The third kappa shape index (κ3) is 8.57. The summed E-state index contributed by atoms with van der Waals surface area (Å²) >= 11 is 0. The molecule has 4 aliphatic heterocycles. The number of piperidine rings is 3. The Bertz CT molecular complexity index is 1930. The number of imide groups is 1. The second-order valence-corrected chi connectivity index (χ2v) is 16.5. The van der Waals surface area contributed by atoms with E-state index in [2.05, 4.69) is 72.7 Å². The lowest BCUT2D eigenvalue weighted by molar-refractivity contribution is -0.134. The molecule has 4 saturated heterocycles. The van der Waals surface area contributed by atoms with E-state index >= 15 is 0 Å². The van der Waals surface area contributed by atoms with E-state index in [-0.39, 0.29) is 11.8 Å². The lowest BCUT2D eigenvalue weighted by atomic mass is 9.88. The highest BCUT2D eigenvalue weighted by Crippen LogP contribution is 2.43. The number of hydrogen-bond donors (Lipinski definition) is 2. The summed E-state index contributed by atoms with van der Waals surface area (Å²) in [4.78, 5) is 46.0. The number of nitriles is 1. The predicted molar refractivity (Wildman–Crippen MR) is 219 cm³/mol. The lowest BCUT2D eigenvalue weighted by Crippen LogP contribution is -2.50. The molecule has 2 N–H and O–H groups in total. The molecule has 1 atom stereocenters. The van der Waals surface area contributed by atoms with Crippen molar-refractivity contribution in [2.75, 3.05) is 80.7 Å². The highest BCUT2D eigenvalue weighted by Gasteiger charge is 2.30. The molecule has 1 unspecified atom stereocenters. The number of carbonyl (C=O) groups is 3. The first-order valence-electron chi connectivity index (χ1n) is 20.7. The van der Waals surface area contributed by atoms with Crippen molar-refractivity contribution in [1.82, 2.24) is 15.5 Å². The van der Waals surface area contributed by atoms with Gasteiger partial charge in [0.25, 0.3) is 0 Å². The molecule has 0 bridgehead atoms. The second-order valence-electron chi connectivity index (χ2n) is 16.5. The van der Waals surface area contributed by atoms with E-state index in [0.29, 0.717) is 48.5 Å². The maximum atomic E-state index is 12.3. The molecule has 0 aromatic heterocycles. The Labute approximate surface area is 330 Å². The fourth-order valence-electron chi connectivity index (χ4n) is 9.36. The van der Waals surface area contributed by atoms with Crippen LogP contribution in [0, 0.1) is 17.2 Å². The highest BCUT2D eigenvalue weighted by molar-refractivity contribution is 6.00. The van der Waals surface area contributed by atoms with E-state index < -0.39 is 6.04 Å². The van der Waals surface area contributed by atoms with Gasteiger partial charge in [-0.05, 0) is 116 Å². The maximum Gasteiger partial charge on any atom is 0.243 e. The first-order valence-corrected chi connectivity index (χ1v) is 20.7. The zero-order chi connectivity index (χ0) is 38.6. The molecule has 11 nitrogen and oxygen atoms in total. The molecular formula is C45H55N7O4. The van der Waals surface area contributed by atoms with Gasteiger partial charge in [-0.2, -0.15) is 5.26 Å². The molecule has 294 valence electrons. The Morgan fingerprint density at radius 2 is 1.46 bits per heavy atom. The van der Waals surface area contributed by atoms with Gasteiger partial charge in [-0.25, -0.2) is 0 Å². The van der Waals surface area contributed by atoms with Crippen LogP contribution in [-0.2, 0) is 16.1 Å². The van der Waals surface area contributed by atoms with Crippen molar-refractivity contribution in [2.24, 2.45) is 5.92 Å². The van der Waals surface area contributed by atoms with Crippen LogP contribution in [0.1, 0.15) is 95.8 Å². The number of ether oxygens (including phenoxy) is 1. The van der Waals surface area contributed by atoms with Gasteiger partial charge in [-0.1, -0.05) is 12.1 Å². The smallest absolute Gasteiger partial charge is 0.243 e. The van der Waals surface area contributed by atoms with Gasteiger partial charge < -0.3 is 24.8 Å². The van der Waals surface area contributed by atoms with Crippen LogP contribution in [0.2, 0.25) is 0 Å². The summed E-state index contributed by atoms with van der Waals surface area (Å²) in [6, 6.07) is 21.8. The zero-order valence-electron chi connectivity index (χ0n) is 32.7. The topological polar surface area (TPSA) is 121 Å². The van der Waals surface area contributed by atoms with Crippen LogP contribution in [0.25, 0.3) is 0 Å². The standard InChI is InChI=1S/C45H55N7O4/c1-56-43-26-39(24-36(41(43)30-53)28-47-42-10-11-44(54)48-45(42)55)52-22-20-49(21-23-52)29-31-12-16-50(17-13-31)37-7-4-32(5-8-37)33-14-18-51(19-15-33)38-9-6-35(27-46)40(25-38)34-2-3-34/h4-9,24-26,30-31,33-34,42,47H,2-3,10-23,28-29H2,1H3,(H,48,54,55). The zero-order valence-corrected chi connectivity index (χ0v) is 32.7. The summed E-state index contributed by atoms with van der Waals surface area (Å²) in [6.07, 6.45) is 8.70. The molecular weight excluding hydrogens is 703 g/mol. The van der Waals surface area contributed by atoms with Crippen LogP contribution in [0.15, 0.2) is 54.6 Å². The van der Waals surface area contributed by atoms with E-state index in [4.69, 9.17) is 4.74 Å². The minimum Gasteiger partial charge on any atom is -0.496 e. The Balaban J connectivity index is 0.786. The molecule has 1 saturated carbocycles. The van der Waals surface area contributed by atoms with Crippen molar-refractivity contribution >= 4 is 35.2 Å². The van der Waals surface area contributed by atoms with Gasteiger partial charge in [0.05, 0.1) is 30.3 Å². The van der Waals surface area contributed by atoms with Gasteiger partial charge in [0.2, 0.25) is 11.8 Å². The van der Waals surface area contributed by atoms with Gasteiger partial charge in [0, 0.05) is 95.0 Å². The third-order valence-corrected chi connectivity index (χ3v) is 13.0. The minimum absolute atomic E-state index is 0.247. The van der Waals surface area contributed by atoms with Gasteiger partial charge in [-0.15, -0.1) is 0 Å². The predicted octanol–water partition coefficient (Wildman–Crippen LogP) is 5.57. The molecule has 11 heteroatoms. The van der Waals surface area contributed by atoms with E-state index in [1.807, 2.05) is 18.2 Å². The Morgan fingerprint density at radius 1 is 0.786 bits per heavy atom. The molecule has 5 fully saturated rings. The van der Waals surface area contributed by atoms with E-state index in [9.17, 15) is 19.6 Å². The Kier molecular flexibility index (Phi) is 11.6. The second kappa shape index (κ2) is 17.1. The van der Waals surface area contributed by atoms with Gasteiger partial charge >= 0.3 is 0 Å². The number of piperazine rings is 1. The number of benzene rings is 3. The first kappa shape index (κ1) is 38.0. The molecule has 3 aromatic carbocycles. The number of carbonyl (C=O) groups excluding carboxylic acids is 3. The van der Waals surface area contributed by atoms with Crippen molar-refractivity contribution in [2.45, 2.75) is 75.8 Å². The van der Waals surface area contributed by atoms with Crippen molar-refractivity contribution in [1.29, 1.82) is 5.26 Å². The van der Waals surface area contributed by atoms with Crippen molar-refractivity contribution in [3.63, 3.8) is 0 Å². The quantitative estimate of drug-likeness (QED) is 0.179. The number of amides is 2. The summed E-state index contributed by atoms with van der Waals surface area (Å²) in [5.41, 5.74) is 8.46. The molecule has 8 rings (SSSR count). The van der Waals surface area contributed by atoms with Crippen molar-refractivity contribution < 1.29 is 19.1 Å². The number of aldehydes is 1. The van der Waals surface area contributed by atoms with E-state index in [1.165, 1.54) is 48.2 Å². The molecule has 4 heterocycles. The van der Waals surface area contributed by atoms with Crippen molar-refractivity contribution in [3.8, 4) is 11.8 Å². The molecule has 1 aliphatic carbocycles. The number of hydrogen-bond acceptors (Lipinski definition) is 10. The molecule has 5 aliphatic rings. The Morgan fingerprint density at radius 3 is 2.12 bits per heavy atom. The van der Waals surface area contributed by atoms with Crippen LogP contribution in [-0.4, -0.2) is 95.1 Å².